The van der Waals surface area contributed by atoms with Gasteiger partial charge in [-0.3, -0.25) is 19.9 Å². The standard InChI is InChI=1S/C18H26N4O4S/c23-17(20-18(24)19-16-6-11-27(25,26)14-16)13-22-9-7-21(8-10-22)12-15-4-2-1-3-5-15/h1-5,16H,6-14H2,(H2,19,20,23,24)/t16-/m1/s1. The number of nitrogens with zero attached hydrogens (tertiary/aromatic N) is 2. The summed E-state index contributed by atoms with van der Waals surface area (Å²) in [5, 5.41) is 4.85. The van der Waals surface area contributed by atoms with E-state index in [9.17, 15) is 18.0 Å². The molecule has 3 rings (SSSR count). The average molecular weight is 394 g/mol. The molecule has 3 amide bonds. The second-order valence-electron chi connectivity index (χ2n) is 7.16. The van der Waals surface area contributed by atoms with Gasteiger partial charge in [-0.05, 0) is 12.0 Å². The average Bonchev–Trinajstić information content (AvgIpc) is 2.95. The Morgan fingerprint density at radius 3 is 2.33 bits per heavy atom. The molecule has 0 aromatic heterocycles. The zero-order valence-corrected chi connectivity index (χ0v) is 16.1. The van der Waals surface area contributed by atoms with Crippen molar-refractivity contribution in [2.45, 2.75) is 19.0 Å². The Kier molecular flexibility index (Phi) is 6.46. The molecule has 0 radical (unpaired) electrons. The van der Waals surface area contributed by atoms with Gasteiger partial charge in [0.15, 0.2) is 9.84 Å². The van der Waals surface area contributed by atoms with E-state index >= 15 is 0 Å². The Morgan fingerprint density at radius 2 is 1.70 bits per heavy atom. The van der Waals surface area contributed by atoms with E-state index in [1.807, 2.05) is 23.1 Å². The highest BCUT2D eigenvalue weighted by molar-refractivity contribution is 7.91. The summed E-state index contributed by atoms with van der Waals surface area (Å²) < 4.78 is 22.8. The highest BCUT2D eigenvalue weighted by Crippen LogP contribution is 2.11. The number of nitrogens with one attached hydrogen (secondary N) is 2. The Bertz CT molecular complexity index is 761. The van der Waals surface area contributed by atoms with E-state index in [1.165, 1.54) is 5.56 Å². The van der Waals surface area contributed by atoms with Gasteiger partial charge in [0.25, 0.3) is 0 Å². The fraction of sp³-hybridized carbons (Fsp3) is 0.556. The maximum absolute atomic E-state index is 12.0. The molecule has 27 heavy (non-hydrogen) atoms. The van der Waals surface area contributed by atoms with E-state index in [0.717, 1.165) is 32.7 Å². The number of piperazine rings is 1. The first-order valence-electron chi connectivity index (χ1n) is 9.19. The number of amides is 3. The number of benzene rings is 1. The minimum absolute atomic E-state index is 0.0576. The van der Waals surface area contributed by atoms with Crippen molar-refractivity contribution in [1.29, 1.82) is 0 Å². The molecule has 2 N–H and O–H groups in total. The summed E-state index contributed by atoms with van der Waals surface area (Å²) in [7, 11) is -3.06. The lowest BCUT2D eigenvalue weighted by atomic mass is 10.2. The van der Waals surface area contributed by atoms with E-state index in [0.29, 0.717) is 6.42 Å². The van der Waals surface area contributed by atoms with E-state index in [1.54, 1.807) is 0 Å². The Balaban J connectivity index is 1.35. The summed E-state index contributed by atoms with van der Waals surface area (Å²) >= 11 is 0. The number of carbonyl (C=O) groups excluding carboxylic acids is 2. The molecule has 0 aliphatic carbocycles. The number of urea groups is 1. The molecular formula is C18H26N4O4S. The van der Waals surface area contributed by atoms with Gasteiger partial charge in [0.05, 0.1) is 18.1 Å². The smallest absolute Gasteiger partial charge is 0.321 e. The van der Waals surface area contributed by atoms with Gasteiger partial charge in [0, 0.05) is 38.8 Å². The van der Waals surface area contributed by atoms with Gasteiger partial charge in [0.1, 0.15) is 0 Å². The van der Waals surface area contributed by atoms with Crippen LogP contribution in [0.15, 0.2) is 30.3 Å². The predicted molar refractivity (Wildman–Crippen MR) is 102 cm³/mol. The first kappa shape index (κ1) is 19.8. The first-order chi connectivity index (χ1) is 12.9. The SMILES string of the molecule is O=C(CN1CCN(Cc2ccccc2)CC1)NC(=O)N[C@@H]1CCS(=O)(=O)C1. The van der Waals surface area contributed by atoms with Crippen molar-refractivity contribution in [1.82, 2.24) is 20.4 Å². The minimum atomic E-state index is -3.06. The summed E-state index contributed by atoms with van der Waals surface area (Å²) in [6.45, 7) is 4.33. The van der Waals surface area contributed by atoms with Crippen molar-refractivity contribution in [2.24, 2.45) is 0 Å². The number of hydrogen-bond acceptors (Lipinski definition) is 6. The van der Waals surface area contributed by atoms with E-state index < -0.39 is 21.9 Å². The third kappa shape index (κ3) is 6.30. The number of hydrogen-bond donors (Lipinski definition) is 2. The predicted octanol–water partition coefficient (Wildman–Crippen LogP) is -0.183. The van der Waals surface area contributed by atoms with E-state index in [-0.39, 0.29) is 24.0 Å². The van der Waals surface area contributed by atoms with Crippen LogP contribution in [-0.4, -0.2) is 80.4 Å². The maximum atomic E-state index is 12.0. The van der Waals surface area contributed by atoms with Crippen molar-refractivity contribution < 1.29 is 18.0 Å². The topological polar surface area (TPSA) is 98.8 Å². The molecule has 9 heteroatoms. The Hall–Kier alpha value is -1.97. The van der Waals surface area contributed by atoms with Gasteiger partial charge in [0.2, 0.25) is 5.91 Å². The summed E-state index contributed by atoms with van der Waals surface area (Å²) in [5.41, 5.74) is 1.27. The molecule has 1 atom stereocenters. The van der Waals surface area contributed by atoms with Gasteiger partial charge in [-0.15, -0.1) is 0 Å². The summed E-state index contributed by atoms with van der Waals surface area (Å²) in [5.74, 6) is -0.346. The highest BCUT2D eigenvalue weighted by Gasteiger charge is 2.29. The third-order valence-electron chi connectivity index (χ3n) is 4.90. The van der Waals surface area contributed by atoms with Gasteiger partial charge >= 0.3 is 6.03 Å². The van der Waals surface area contributed by atoms with Crippen LogP contribution in [0.4, 0.5) is 4.79 Å². The molecule has 1 aromatic carbocycles. The second kappa shape index (κ2) is 8.81. The lowest BCUT2D eigenvalue weighted by Crippen LogP contribution is -2.51. The van der Waals surface area contributed by atoms with Crippen LogP contribution in [0.1, 0.15) is 12.0 Å². The van der Waals surface area contributed by atoms with Crippen molar-refractivity contribution in [3.8, 4) is 0 Å². The molecule has 2 fully saturated rings. The van der Waals surface area contributed by atoms with Gasteiger partial charge in [-0.1, -0.05) is 30.3 Å². The van der Waals surface area contributed by atoms with Crippen molar-refractivity contribution in [3.05, 3.63) is 35.9 Å². The molecule has 2 aliphatic heterocycles. The van der Waals surface area contributed by atoms with Crippen molar-refractivity contribution in [3.63, 3.8) is 0 Å². The van der Waals surface area contributed by atoms with Crippen LogP contribution < -0.4 is 10.6 Å². The Morgan fingerprint density at radius 1 is 1.04 bits per heavy atom. The van der Waals surface area contributed by atoms with Gasteiger partial charge in [-0.2, -0.15) is 0 Å². The molecule has 0 saturated carbocycles. The van der Waals surface area contributed by atoms with Crippen LogP contribution >= 0.6 is 0 Å². The number of imide groups is 1. The molecule has 0 bridgehead atoms. The fourth-order valence-corrected chi connectivity index (χ4v) is 5.12. The van der Waals surface area contributed by atoms with Crippen LogP contribution in [0.25, 0.3) is 0 Å². The molecule has 8 nitrogen and oxygen atoms in total. The fourth-order valence-electron chi connectivity index (χ4n) is 3.45. The number of sulfone groups is 1. The lowest BCUT2D eigenvalue weighted by Gasteiger charge is -2.34. The zero-order chi connectivity index (χ0) is 19.3. The molecule has 2 saturated heterocycles. The van der Waals surface area contributed by atoms with Gasteiger partial charge in [-0.25, -0.2) is 13.2 Å². The Labute approximate surface area is 159 Å². The molecule has 148 valence electrons. The normalized spacial score (nSPS) is 23.0. The second-order valence-corrected chi connectivity index (χ2v) is 9.39. The molecule has 2 heterocycles. The molecule has 0 spiro atoms. The molecule has 2 aliphatic rings. The lowest BCUT2D eigenvalue weighted by molar-refractivity contribution is -0.121. The summed E-state index contributed by atoms with van der Waals surface area (Å²) in [6.07, 6.45) is 0.396. The summed E-state index contributed by atoms with van der Waals surface area (Å²) in [6, 6.07) is 9.24. The van der Waals surface area contributed by atoms with E-state index in [2.05, 4.69) is 27.7 Å². The molecular weight excluding hydrogens is 368 g/mol. The quantitative estimate of drug-likeness (QED) is 0.719. The molecule has 1 aromatic rings. The largest absolute Gasteiger partial charge is 0.334 e. The number of rotatable bonds is 5. The van der Waals surface area contributed by atoms with Crippen LogP contribution in [-0.2, 0) is 21.2 Å². The highest BCUT2D eigenvalue weighted by atomic mass is 32.2. The number of carbonyl (C=O) groups is 2. The summed E-state index contributed by atoms with van der Waals surface area (Å²) in [4.78, 5) is 28.3. The first-order valence-corrected chi connectivity index (χ1v) is 11.0. The monoisotopic (exact) mass is 394 g/mol. The van der Waals surface area contributed by atoms with Crippen LogP contribution in [0.5, 0.6) is 0 Å². The minimum Gasteiger partial charge on any atom is -0.334 e. The van der Waals surface area contributed by atoms with Crippen molar-refractivity contribution >= 4 is 21.8 Å². The van der Waals surface area contributed by atoms with E-state index in [4.69, 9.17) is 0 Å². The van der Waals surface area contributed by atoms with Gasteiger partial charge < -0.3 is 5.32 Å². The van der Waals surface area contributed by atoms with Crippen molar-refractivity contribution in [2.75, 3.05) is 44.2 Å². The third-order valence-corrected chi connectivity index (χ3v) is 6.67. The van der Waals surface area contributed by atoms with Crippen LogP contribution in [0.3, 0.4) is 0 Å². The van der Waals surface area contributed by atoms with Crippen LogP contribution in [0.2, 0.25) is 0 Å². The maximum Gasteiger partial charge on any atom is 0.321 e. The van der Waals surface area contributed by atoms with Crippen LogP contribution in [0, 0.1) is 0 Å². The zero-order valence-electron chi connectivity index (χ0n) is 15.3. The molecule has 0 unspecified atom stereocenters.